The first-order valence-electron chi connectivity index (χ1n) is 6.12. The molecule has 0 amide bonds. The third-order valence-electron chi connectivity index (χ3n) is 3.12. The van der Waals surface area contributed by atoms with Gasteiger partial charge in [0.1, 0.15) is 5.58 Å². The van der Waals surface area contributed by atoms with Crippen molar-refractivity contribution in [3.8, 4) is 0 Å². The van der Waals surface area contributed by atoms with Crippen molar-refractivity contribution in [3.63, 3.8) is 0 Å². The molecule has 5 heteroatoms. The van der Waals surface area contributed by atoms with Crippen molar-refractivity contribution >= 4 is 26.7 Å². The highest BCUT2D eigenvalue weighted by Crippen LogP contribution is 2.23. The van der Waals surface area contributed by atoms with Gasteiger partial charge >= 0.3 is 0 Å². The molecule has 0 unspecified atom stereocenters. The molecule has 0 aliphatic rings. The highest BCUT2D eigenvalue weighted by molar-refractivity contribution is 7.92. The smallest absolute Gasteiger partial charge is 0.261 e. The molecule has 102 valence electrons. The van der Waals surface area contributed by atoms with E-state index >= 15 is 0 Å². The first kappa shape index (κ1) is 12.7. The number of benzene rings is 2. The first-order valence-corrected chi connectivity index (χ1v) is 7.60. The van der Waals surface area contributed by atoms with Crippen molar-refractivity contribution in [2.24, 2.45) is 0 Å². The van der Waals surface area contributed by atoms with E-state index in [1.807, 2.05) is 19.1 Å². The molecule has 0 saturated heterocycles. The fraction of sp³-hybridized carbons (Fsp3) is 0.0667. The largest absolute Gasteiger partial charge is 0.464 e. The van der Waals surface area contributed by atoms with Crippen molar-refractivity contribution < 1.29 is 12.8 Å². The van der Waals surface area contributed by atoms with E-state index in [2.05, 4.69) is 4.72 Å². The molecular weight excluding hydrogens is 274 g/mol. The number of para-hydroxylation sites is 1. The molecule has 3 rings (SSSR count). The first-order chi connectivity index (χ1) is 9.56. The van der Waals surface area contributed by atoms with Gasteiger partial charge in [0.25, 0.3) is 10.0 Å². The van der Waals surface area contributed by atoms with Crippen LogP contribution in [0.5, 0.6) is 0 Å². The maximum Gasteiger partial charge on any atom is 0.261 e. The minimum Gasteiger partial charge on any atom is -0.464 e. The molecule has 1 heterocycles. The summed E-state index contributed by atoms with van der Waals surface area (Å²) in [6.07, 6.45) is 1.54. The van der Waals surface area contributed by atoms with Crippen LogP contribution in [0.1, 0.15) is 5.56 Å². The van der Waals surface area contributed by atoms with Crippen LogP contribution in [-0.2, 0) is 10.0 Å². The number of hydrogen-bond acceptors (Lipinski definition) is 3. The minimum absolute atomic E-state index is 0.217. The Morgan fingerprint density at radius 3 is 2.65 bits per heavy atom. The summed E-state index contributed by atoms with van der Waals surface area (Å²) in [6.45, 7) is 1.86. The van der Waals surface area contributed by atoms with Gasteiger partial charge in [0.15, 0.2) is 0 Å². The zero-order valence-corrected chi connectivity index (χ0v) is 11.6. The molecule has 0 fully saturated rings. The molecular formula is C15H13NO3S. The van der Waals surface area contributed by atoms with Crippen LogP contribution in [0.4, 0.5) is 5.69 Å². The molecule has 0 bridgehead atoms. The Hall–Kier alpha value is -2.27. The lowest BCUT2D eigenvalue weighted by Crippen LogP contribution is -2.13. The van der Waals surface area contributed by atoms with E-state index in [-0.39, 0.29) is 4.90 Å². The van der Waals surface area contributed by atoms with Gasteiger partial charge in [-0.25, -0.2) is 8.42 Å². The number of fused-ring (bicyclic) bond motifs is 1. The van der Waals surface area contributed by atoms with Gasteiger partial charge in [0.05, 0.1) is 16.8 Å². The molecule has 4 nitrogen and oxygen atoms in total. The van der Waals surface area contributed by atoms with E-state index in [0.29, 0.717) is 11.3 Å². The summed E-state index contributed by atoms with van der Waals surface area (Å²) in [4.78, 5) is 0.217. The van der Waals surface area contributed by atoms with E-state index in [4.69, 9.17) is 4.42 Å². The fourth-order valence-corrected chi connectivity index (χ4v) is 3.17. The van der Waals surface area contributed by atoms with Crippen LogP contribution in [0.3, 0.4) is 0 Å². The highest BCUT2D eigenvalue weighted by Gasteiger charge is 2.16. The van der Waals surface area contributed by atoms with Crippen LogP contribution in [-0.4, -0.2) is 8.42 Å². The summed E-state index contributed by atoms with van der Waals surface area (Å²) in [7, 11) is -3.60. The van der Waals surface area contributed by atoms with E-state index in [1.165, 1.54) is 12.3 Å². The molecule has 0 radical (unpaired) electrons. The zero-order chi connectivity index (χ0) is 14.2. The van der Waals surface area contributed by atoms with Crippen LogP contribution in [0.25, 0.3) is 11.0 Å². The van der Waals surface area contributed by atoms with Gasteiger partial charge < -0.3 is 4.42 Å². The molecule has 0 aliphatic carbocycles. The zero-order valence-electron chi connectivity index (χ0n) is 10.8. The van der Waals surface area contributed by atoms with E-state index < -0.39 is 10.0 Å². The summed E-state index contributed by atoms with van der Waals surface area (Å²) in [5, 5.41) is 0.762. The quantitative estimate of drug-likeness (QED) is 0.801. The predicted octanol–water partition coefficient (Wildman–Crippen LogP) is 3.54. The lowest BCUT2D eigenvalue weighted by Gasteiger charge is -2.10. The maximum atomic E-state index is 12.4. The van der Waals surface area contributed by atoms with Gasteiger partial charge in [0, 0.05) is 5.39 Å². The van der Waals surface area contributed by atoms with Gasteiger partial charge in [-0.15, -0.1) is 0 Å². The Bertz CT molecular complexity index is 865. The second kappa shape index (κ2) is 4.68. The molecule has 3 aromatic rings. The van der Waals surface area contributed by atoms with Crippen LogP contribution in [0.2, 0.25) is 0 Å². The molecule has 1 aromatic heterocycles. The summed E-state index contributed by atoms with van der Waals surface area (Å²) in [6, 6.07) is 13.8. The minimum atomic E-state index is -3.60. The van der Waals surface area contributed by atoms with Crippen LogP contribution in [0.15, 0.2) is 64.1 Å². The summed E-state index contributed by atoms with van der Waals surface area (Å²) >= 11 is 0. The SMILES string of the molecule is Cc1ccccc1NS(=O)(=O)c1ccc2occc2c1. The highest BCUT2D eigenvalue weighted by atomic mass is 32.2. The number of furan rings is 1. The van der Waals surface area contributed by atoms with E-state index in [9.17, 15) is 8.42 Å². The van der Waals surface area contributed by atoms with Crippen LogP contribution >= 0.6 is 0 Å². The Morgan fingerprint density at radius 1 is 1.05 bits per heavy atom. The van der Waals surface area contributed by atoms with Gasteiger partial charge in [-0.3, -0.25) is 4.72 Å². The Balaban J connectivity index is 2.01. The maximum absolute atomic E-state index is 12.4. The normalized spacial score (nSPS) is 11.7. The average molecular weight is 287 g/mol. The molecule has 0 saturated carbocycles. The molecule has 0 spiro atoms. The number of aryl methyl sites for hydroxylation is 1. The number of sulfonamides is 1. The predicted molar refractivity (Wildman–Crippen MR) is 78.2 cm³/mol. The van der Waals surface area contributed by atoms with E-state index in [1.54, 1.807) is 30.3 Å². The third kappa shape index (κ3) is 2.28. The van der Waals surface area contributed by atoms with Crippen LogP contribution < -0.4 is 4.72 Å². The molecule has 2 aromatic carbocycles. The van der Waals surface area contributed by atoms with Crippen molar-refractivity contribution in [2.75, 3.05) is 4.72 Å². The lowest BCUT2D eigenvalue weighted by molar-refractivity contribution is 0.601. The second-order valence-electron chi connectivity index (χ2n) is 4.54. The monoisotopic (exact) mass is 287 g/mol. The fourth-order valence-electron chi connectivity index (χ4n) is 2.00. The summed E-state index contributed by atoms with van der Waals surface area (Å²) in [5.41, 5.74) is 2.13. The number of nitrogens with one attached hydrogen (secondary N) is 1. The number of anilines is 1. The average Bonchev–Trinajstić information content (AvgIpc) is 2.88. The Kier molecular flexibility index (Phi) is 2.99. The van der Waals surface area contributed by atoms with Crippen molar-refractivity contribution in [3.05, 3.63) is 60.4 Å². The van der Waals surface area contributed by atoms with E-state index in [0.717, 1.165) is 10.9 Å². The van der Waals surface area contributed by atoms with Crippen molar-refractivity contribution in [1.29, 1.82) is 0 Å². The van der Waals surface area contributed by atoms with Gasteiger partial charge in [-0.05, 0) is 42.8 Å². The summed E-state index contributed by atoms with van der Waals surface area (Å²) < 4.78 is 32.6. The van der Waals surface area contributed by atoms with Gasteiger partial charge in [-0.2, -0.15) is 0 Å². The lowest BCUT2D eigenvalue weighted by atomic mass is 10.2. The van der Waals surface area contributed by atoms with Gasteiger partial charge in [-0.1, -0.05) is 18.2 Å². The summed E-state index contributed by atoms with van der Waals surface area (Å²) in [5.74, 6) is 0. The standard InChI is InChI=1S/C15H13NO3S/c1-11-4-2-3-5-14(11)16-20(17,18)13-6-7-15-12(10-13)8-9-19-15/h2-10,16H,1H3. The topological polar surface area (TPSA) is 59.3 Å². The van der Waals surface area contributed by atoms with Gasteiger partial charge in [0.2, 0.25) is 0 Å². The van der Waals surface area contributed by atoms with Crippen molar-refractivity contribution in [1.82, 2.24) is 0 Å². The second-order valence-corrected chi connectivity index (χ2v) is 6.22. The molecule has 0 aliphatic heterocycles. The third-order valence-corrected chi connectivity index (χ3v) is 4.49. The molecule has 0 atom stereocenters. The van der Waals surface area contributed by atoms with Crippen molar-refractivity contribution in [2.45, 2.75) is 11.8 Å². The Labute approximate surface area is 117 Å². The molecule has 20 heavy (non-hydrogen) atoms. The number of hydrogen-bond donors (Lipinski definition) is 1. The molecule has 1 N–H and O–H groups in total. The Morgan fingerprint density at radius 2 is 1.85 bits per heavy atom. The number of rotatable bonds is 3. The van der Waals surface area contributed by atoms with Crippen LogP contribution in [0, 0.1) is 6.92 Å².